The smallest absolute Gasteiger partial charge is 0.399 e. The van der Waals surface area contributed by atoms with Crippen molar-refractivity contribution in [3.8, 4) is 0 Å². The molecular formula is C13H12ClF3N2O3. The number of ketones is 1. The van der Waals surface area contributed by atoms with Crippen molar-refractivity contribution in [3.05, 3.63) is 28.8 Å². The molecule has 1 aliphatic rings. The molecule has 1 atom stereocenters. The van der Waals surface area contributed by atoms with E-state index in [-0.39, 0.29) is 28.7 Å². The highest BCUT2D eigenvalue weighted by atomic mass is 35.5. The number of nitrogens with two attached hydrogens (primary N) is 1. The maximum atomic E-state index is 12.3. The highest BCUT2D eigenvalue weighted by Crippen LogP contribution is 2.27. The summed E-state index contributed by atoms with van der Waals surface area (Å²) < 4.78 is 36.8. The third kappa shape index (κ3) is 3.89. The number of halogens is 4. The van der Waals surface area contributed by atoms with Gasteiger partial charge in [-0.3, -0.25) is 14.4 Å². The summed E-state index contributed by atoms with van der Waals surface area (Å²) in [5.41, 5.74) is 6.00. The van der Waals surface area contributed by atoms with Gasteiger partial charge in [0.15, 0.2) is 5.78 Å². The molecule has 0 aromatic heterocycles. The molecule has 1 saturated heterocycles. The van der Waals surface area contributed by atoms with Gasteiger partial charge in [-0.05, 0) is 18.2 Å². The first-order valence-corrected chi connectivity index (χ1v) is 6.64. The van der Waals surface area contributed by atoms with Crippen molar-refractivity contribution in [1.82, 2.24) is 5.06 Å². The summed E-state index contributed by atoms with van der Waals surface area (Å²) in [4.78, 5) is 28.6. The number of carbonyl (C=O) groups excluding carboxylic acids is 2. The van der Waals surface area contributed by atoms with Crippen LogP contribution in [0.25, 0.3) is 0 Å². The van der Waals surface area contributed by atoms with Gasteiger partial charge in [-0.25, -0.2) is 5.06 Å². The van der Waals surface area contributed by atoms with E-state index in [2.05, 4.69) is 0 Å². The zero-order valence-electron chi connectivity index (χ0n) is 11.2. The maximum Gasteiger partial charge on any atom is 0.408 e. The van der Waals surface area contributed by atoms with E-state index >= 15 is 0 Å². The van der Waals surface area contributed by atoms with Crippen molar-refractivity contribution in [3.63, 3.8) is 0 Å². The molecule has 1 aromatic rings. The number of carbonyl (C=O) groups is 2. The number of amides is 1. The van der Waals surface area contributed by atoms with E-state index in [1.54, 1.807) is 0 Å². The number of anilines is 1. The Labute approximate surface area is 128 Å². The Balaban J connectivity index is 2.04. The minimum atomic E-state index is -4.56. The van der Waals surface area contributed by atoms with Crippen LogP contribution in [0.1, 0.15) is 16.8 Å². The first kappa shape index (κ1) is 16.6. The van der Waals surface area contributed by atoms with Crippen molar-refractivity contribution in [2.45, 2.75) is 12.6 Å². The second kappa shape index (κ2) is 6.13. The zero-order valence-corrected chi connectivity index (χ0v) is 11.9. The lowest BCUT2D eigenvalue weighted by Crippen LogP contribution is -2.35. The van der Waals surface area contributed by atoms with Gasteiger partial charge in [-0.1, -0.05) is 11.6 Å². The Hall–Kier alpha value is -1.80. The van der Waals surface area contributed by atoms with Crippen LogP contribution in [-0.4, -0.2) is 36.1 Å². The van der Waals surface area contributed by atoms with Gasteiger partial charge in [0.1, 0.15) is 6.54 Å². The Kier molecular flexibility index (Phi) is 4.62. The summed E-state index contributed by atoms with van der Waals surface area (Å²) in [5.74, 6) is -2.31. The Morgan fingerprint density at radius 2 is 2.14 bits per heavy atom. The molecular weight excluding hydrogens is 325 g/mol. The molecule has 0 saturated carbocycles. The third-order valence-electron chi connectivity index (χ3n) is 3.07. The van der Waals surface area contributed by atoms with Crippen LogP contribution >= 0.6 is 11.6 Å². The minimum Gasteiger partial charge on any atom is -0.399 e. The molecule has 1 heterocycles. The van der Waals surface area contributed by atoms with E-state index in [0.29, 0.717) is 5.69 Å². The van der Waals surface area contributed by atoms with E-state index in [0.717, 1.165) is 0 Å². The summed E-state index contributed by atoms with van der Waals surface area (Å²) in [7, 11) is 0. The van der Waals surface area contributed by atoms with Gasteiger partial charge in [0.25, 0.3) is 5.91 Å². The van der Waals surface area contributed by atoms with Crippen LogP contribution in [0.4, 0.5) is 18.9 Å². The quantitative estimate of drug-likeness (QED) is 0.677. The first-order chi connectivity index (χ1) is 10.2. The monoisotopic (exact) mass is 336 g/mol. The number of Topliss-reactive ketones (excluding diaryl/α,β-unsaturated/α-hetero) is 1. The lowest BCUT2D eigenvalue weighted by Gasteiger charge is -2.16. The van der Waals surface area contributed by atoms with Gasteiger partial charge in [0.2, 0.25) is 0 Å². The van der Waals surface area contributed by atoms with Crippen molar-refractivity contribution < 1.29 is 27.6 Å². The van der Waals surface area contributed by atoms with Crippen molar-refractivity contribution >= 4 is 29.0 Å². The molecule has 1 amide bonds. The molecule has 120 valence electrons. The SMILES string of the molecule is Nc1ccc(Cl)c(C(=O)C[C@@H]2CON(CC(F)(F)F)C2=O)c1. The summed E-state index contributed by atoms with van der Waals surface area (Å²) in [5, 5.41) is 0.400. The average molecular weight is 337 g/mol. The number of rotatable bonds is 4. The summed E-state index contributed by atoms with van der Waals surface area (Å²) in [6.07, 6.45) is -4.86. The number of hydrogen-bond donors (Lipinski definition) is 1. The van der Waals surface area contributed by atoms with E-state index < -0.39 is 30.3 Å². The molecule has 2 N–H and O–H groups in total. The number of nitrogens with zero attached hydrogens (tertiary/aromatic N) is 1. The van der Waals surface area contributed by atoms with Crippen LogP contribution in [0.2, 0.25) is 5.02 Å². The molecule has 0 radical (unpaired) electrons. The average Bonchev–Trinajstić information content (AvgIpc) is 2.72. The lowest BCUT2D eigenvalue weighted by atomic mass is 9.98. The minimum absolute atomic E-state index is 0.128. The second-order valence-corrected chi connectivity index (χ2v) is 5.26. The number of hydrogen-bond acceptors (Lipinski definition) is 4. The highest BCUT2D eigenvalue weighted by molar-refractivity contribution is 6.34. The zero-order chi connectivity index (χ0) is 16.5. The highest BCUT2D eigenvalue weighted by Gasteiger charge is 2.41. The van der Waals surface area contributed by atoms with Crippen LogP contribution in [-0.2, 0) is 9.63 Å². The van der Waals surface area contributed by atoms with Crippen LogP contribution < -0.4 is 5.73 Å². The van der Waals surface area contributed by atoms with Crippen LogP contribution in [0.3, 0.4) is 0 Å². The van der Waals surface area contributed by atoms with Crippen LogP contribution in [0, 0.1) is 5.92 Å². The van der Waals surface area contributed by atoms with E-state index in [1.165, 1.54) is 18.2 Å². The lowest BCUT2D eigenvalue weighted by molar-refractivity contribution is -0.214. The van der Waals surface area contributed by atoms with Crippen molar-refractivity contribution in [2.75, 3.05) is 18.9 Å². The third-order valence-corrected chi connectivity index (χ3v) is 3.40. The topological polar surface area (TPSA) is 72.6 Å². The fraction of sp³-hybridized carbons (Fsp3) is 0.385. The molecule has 0 unspecified atom stereocenters. The maximum absolute atomic E-state index is 12.3. The first-order valence-electron chi connectivity index (χ1n) is 6.26. The molecule has 0 aliphatic carbocycles. The summed E-state index contributed by atoms with van der Waals surface area (Å²) >= 11 is 5.88. The molecule has 0 spiro atoms. The molecule has 1 aromatic carbocycles. The van der Waals surface area contributed by atoms with Gasteiger partial charge in [0, 0.05) is 17.7 Å². The molecule has 1 aliphatic heterocycles. The predicted octanol–water partition coefficient (Wildman–Crippen LogP) is 2.45. The molecule has 22 heavy (non-hydrogen) atoms. The van der Waals surface area contributed by atoms with E-state index in [4.69, 9.17) is 22.2 Å². The molecule has 5 nitrogen and oxygen atoms in total. The van der Waals surface area contributed by atoms with Crippen molar-refractivity contribution in [1.29, 1.82) is 0 Å². The Morgan fingerprint density at radius 3 is 2.77 bits per heavy atom. The van der Waals surface area contributed by atoms with Gasteiger partial charge in [-0.15, -0.1) is 0 Å². The fourth-order valence-corrected chi connectivity index (χ4v) is 2.26. The standard InChI is InChI=1S/C13H12ClF3N2O3/c14-10-2-1-8(18)4-9(10)11(20)3-7-5-22-19(12(7)21)6-13(15,16)17/h1-2,4,7H,3,5-6,18H2/t7-/m1/s1. The van der Waals surface area contributed by atoms with E-state index in [9.17, 15) is 22.8 Å². The number of alkyl halides is 3. The van der Waals surface area contributed by atoms with Gasteiger partial charge in [0.05, 0.1) is 17.5 Å². The number of benzene rings is 1. The summed E-state index contributed by atoms with van der Waals surface area (Å²) in [6, 6.07) is 4.31. The van der Waals surface area contributed by atoms with Crippen molar-refractivity contribution in [2.24, 2.45) is 5.92 Å². The molecule has 2 rings (SSSR count). The van der Waals surface area contributed by atoms with Gasteiger partial charge in [-0.2, -0.15) is 13.2 Å². The fourth-order valence-electron chi connectivity index (χ4n) is 2.04. The van der Waals surface area contributed by atoms with Gasteiger partial charge < -0.3 is 5.73 Å². The van der Waals surface area contributed by atoms with Crippen LogP contribution in [0.5, 0.6) is 0 Å². The normalized spacial score (nSPS) is 18.8. The number of nitrogen functional groups attached to an aromatic ring is 1. The molecule has 9 heteroatoms. The molecule has 1 fully saturated rings. The largest absolute Gasteiger partial charge is 0.408 e. The van der Waals surface area contributed by atoms with Crippen LogP contribution in [0.15, 0.2) is 18.2 Å². The van der Waals surface area contributed by atoms with E-state index in [1.807, 2.05) is 0 Å². The molecule has 0 bridgehead atoms. The number of hydroxylamine groups is 2. The second-order valence-electron chi connectivity index (χ2n) is 4.85. The Bertz CT molecular complexity index is 607. The summed E-state index contributed by atoms with van der Waals surface area (Å²) in [6.45, 7) is -1.78. The predicted molar refractivity (Wildman–Crippen MR) is 72.0 cm³/mol. The van der Waals surface area contributed by atoms with Gasteiger partial charge >= 0.3 is 6.18 Å². The Morgan fingerprint density at radius 1 is 1.45 bits per heavy atom.